The molecule has 0 bridgehead atoms. The van der Waals surface area contributed by atoms with Crippen molar-refractivity contribution in [2.24, 2.45) is 0 Å². The molecule has 0 radical (unpaired) electrons. The van der Waals surface area contributed by atoms with Crippen LogP contribution in [-0.2, 0) is 0 Å². The molecular formula is C52H32N4. The molecule has 0 spiro atoms. The van der Waals surface area contributed by atoms with Gasteiger partial charge < -0.3 is 4.57 Å². The molecule has 3 heterocycles. The molecule has 0 aliphatic rings. The molecule has 0 amide bonds. The molecule has 0 saturated carbocycles. The van der Waals surface area contributed by atoms with Crippen LogP contribution in [0.2, 0.25) is 0 Å². The Morgan fingerprint density at radius 2 is 0.875 bits per heavy atom. The molecule has 0 atom stereocenters. The SMILES string of the molecule is c1ccc2cc3c(cc2c1)c1cc(-n2c4ccccc4c4ccccc42)ccc1n3-c1nc2ccccc2nc1-c1ccc(-c2cccc3ccccc23)cc1. The fourth-order valence-corrected chi connectivity index (χ4v) is 8.89. The summed E-state index contributed by atoms with van der Waals surface area (Å²) in [6.07, 6.45) is 0. The Labute approximate surface area is 322 Å². The van der Waals surface area contributed by atoms with Gasteiger partial charge in [-0.25, -0.2) is 9.97 Å². The molecule has 4 heteroatoms. The van der Waals surface area contributed by atoms with Crippen molar-refractivity contribution in [3.8, 4) is 33.9 Å². The maximum absolute atomic E-state index is 5.45. The Hall–Kier alpha value is -7.56. The van der Waals surface area contributed by atoms with E-state index < -0.39 is 0 Å². The Kier molecular flexibility index (Phi) is 6.60. The highest BCUT2D eigenvalue weighted by atomic mass is 15.1. The van der Waals surface area contributed by atoms with Gasteiger partial charge in [0, 0.05) is 32.8 Å². The largest absolute Gasteiger partial charge is 0.309 e. The van der Waals surface area contributed by atoms with Gasteiger partial charge in [0.05, 0.1) is 33.1 Å². The zero-order chi connectivity index (χ0) is 36.7. The number of hydrogen-bond acceptors (Lipinski definition) is 2. The van der Waals surface area contributed by atoms with E-state index in [2.05, 4.69) is 191 Å². The fourth-order valence-electron chi connectivity index (χ4n) is 8.89. The second-order valence-electron chi connectivity index (χ2n) is 14.6. The van der Waals surface area contributed by atoms with Crippen molar-refractivity contribution in [1.82, 2.24) is 19.1 Å². The minimum absolute atomic E-state index is 0.807. The molecule has 0 aliphatic heterocycles. The van der Waals surface area contributed by atoms with Crippen molar-refractivity contribution >= 4 is 76.2 Å². The Balaban J connectivity index is 1.13. The van der Waals surface area contributed by atoms with E-state index in [1.165, 1.54) is 59.9 Å². The predicted molar refractivity (Wildman–Crippen MR) is 234 cm³/mol. The van der Waals surface area contributed by atoms with Gasteiger partial charge in [0.2, 0.25) is 0 Å². The molecule has 0 unspecified atom stereocenters. The smallest absolute Gasteiger partial charge is 0.165 e. The Bertz CT molecular complexity index is 3480. The van der Waals surface area contributed by atoms with Crippen molar-refractivity contribution in [3.05, 3.63) is 194 Å². The fraction of sp³-hybridized carbons (Fsp3) is 0. The zero-order valence-electron chi connectivity index (χ0n) is 30.3. The average Bonchev–Trinajstić information content (AvgIpc) is 3.77. The van der Waals surface area contributed by atoms with Gasteiger partial charge in [-0.15, -0.1) is 0 Å². The number of hydrogen-bond donors (Lipinski definition) is 0. The normalized spacial score (nSPS) is 11.9. The summed E-state index contributed by atoms with van der Waals surface area (Å²) in [4.78, 5) is 10.8. The molecule has 12 aromatic rings. The third-order valence-electron chi connectivity index (χ3n) is 11.5. The number of rotatable bonds is 4. The van der Waals surface area contributed by atoms with E-state index in [0.29, 0.717) is 0 Å². The summed E-state index contributed by atoms with van der Waals surface area (Å²) in [7, 11) is 0. The van der Waals surface area contributed by atoms with Crippen LogP contribution in [0.25, 0.3) is 110 Å². The molecule has 0 fully saturated rings. The highest BCUT2D eigenvalue weighted by Crippen LogP contribution is 2.40. The van der Waals surface area contributed by atoms with E-state index in [1.54, 1.807) is 0 Å². The Morgan fingerprint density at radius 1 is 0.321 bits per heavy atom. The summed E-state index contributed by atoms with van der Waals surface area (Å²) < 4.78 is 4.73. The molecule has 4 nitrogen and oxygen atoms in total. The minimum atomic E-state index is 0.807. The van der Waals surface area contributed by atoms with E-state index >= 15 is 0 Å². The van der Waals surface area contributed by atoms with E-state index in [0.717, 1.165) is 50.2 Å². The van der Waals surface area contributed by atoms with Gasteiger partial charge >= 0.3 is 0 Å². The maximum Gasteiger partial charge on any atom is 0.165 e. The van der Waals surface area contributed by atoms with Crippen LogP contribution in [0.4, 0.5) is 0 Å². The third-order valence-corrected chi connectivity index (χ3v) is 11.5. The first-order valence-corrected chi connectivity index (χ1v) is 19.1. The molecular weight excluding hydrogens is 681 g/mol. The lowest BCUT2D eigenvalue weighted by Crippen LogP contribution is -2.04. The van der Waals surface area contributed by atoms with Crippen LogP contribution < -0.4 is 0 Å². The summed E-state index contributed by atoms with van der Waals surface area (Å²) in [6.45, 7) is 0. The molecule has 0 saturated heterocycles. The summed E-state index contributed by atoms with van der Waals surface area (Å²) in [6, 6.07) is 69.6. The van der Waals surface area contributed by atoms with Crippen molar-refractivity contribution < 1.29 is 0 Å². The summed E-state index contributed by atoms with van der Waals surface area (Å²) in [5.74, 6) is 0.807. The van der Waals surface area contributed by atoms with Gasteiger partial charge in [0.15, 0.2) is 5.82 Å². The van der Waals surface area contributed by atoms with Crippen molar-refractivity contribution in [2.75, 3.05) is 0 Å². The topological polar surface area (TPSA) is 35.6 Å². The monoisotopic (exact) mass is 712 g/mol. The van der Waals surface area contributed by atoms with Crippen molar-refractivity contribution in [2.45, 2.75) is 0 Å². The van der Waals surface area contributed by atoms with E-state index in [9.17, 15) is 0 Å². The second-order valence-corrected chi connectivity index (χ2v) is 14.6. The molecule has 0 aliphatic carbocycles. The van der Waals surface area contributed by atoms with Crippen molar-refractivity contribution in [3.63, 3.8) is 0 Å². The van der Waals surface area contributed by atoms with Crippen molar-refractivity contribution in [1.29, 1.82) is 0 Å². The third kappa shape index (κ3) is 4.60. The first kappa shape index (κ1) is 30.9. The van der Waals surface area contributed by atoms with E-state index in [1.807, 2.05) is 12.1 Å². The average molecular weight is 713 g/mol. The number of fused-ring (bicyclic) bond motifs is 9. The van der Waals surface area contributed by atoms with Crippen LogP contribution in [0.3, 0.4) is 0 Å². The van der Waals surface area contributed by atoms with Gasteiger partial charge in [-0.1, -0.05) is 140 Å². The van der Waals surface area contributed by atoms with Gasteiger partial charge in [0.1, 0.15) is 5.69 Å². The number of para-hydroxylation sites is 4. The minimum Gasteiger partial charge on any atom is -0.309 e. The lowest BCUT2D eigenvalue weighted by atomic mass is 9.97. The van der Waals surface area contributed by atoms with Crippen LogP contribution in [0.1, 0.15) is 0 Å². The highest BCUT2D eigenvalue weighted by Gasteiger charge is 2.21. The molecule has 56 heavy (non-hydrogen) atoms. The van der Waals surface area contributed by atoms with Crippen LogP contribution >= 0.6 is 0 Å². The number of aromatic nitrogens is 4. The lowest BCUT2D eigenvalue weighted by Gasteiger charge is -2.15. The van der Waals surface area contributed by atoms with E-state index in [4.69, 9.17) is 9.97 Å². The van der Waals surface area contributed by atoms with Crippen LogP contribution in [0.15, 0.2) is 194 Å². The molecule has 0 N–H and O–H groups in total. The quantitative estimate of drug-likeness (QED) is 0.182. The Morgan fingerprint density at radius 3 is 1.62 bits per heavy atom. The van der Waals surface area contributed by atoms with Gasteiger partial charge in [0.25, 0.3) is 0 Å². The summed E-state index contributed by atoms with van der Waals surface area (Å²) in [5, 5.41) is 9.70. The van der Waals surface area contributed by atoms with Gasteiger partial charge in [-0.3, -0.25) is 4.57 Å². The first-order chi connectivity index (χ1) is 27.8. The van der Waals surface area contributed by atoms with Gasteiger partial charge in [-0.05, 0) is 87.3 Å². The second kappa shape index (κ2) is 12.0. The standard InChI is InChI=1S/C52H32N4/c1-2-14-37-31-50-43(30-36(37)13-1)44-32-38(55-47-22-9-5-17-41(47)42-18-6-10-23-48(42)55)28-29-49(44)56(50)52-51(53-45-20-7-8-21-46(45)54-52)35-26-24-34(25-27-35)40-19-11-15-33-12-3-4-16-39(33)40/h1-32H. The summed E-state index contributed by atoms with van der Waals surface area (Å²) >= 11 is 0. The highest BCUT2D eigenvalue weighted by molar-refractivity contribution is 6.15. The lowest BCUT2D eigenvalue weighted by molar-refractivity contribution is 1.08. The molecule has 9 aromatic carbocycles. The number of nitrogens with zero attached hydrogens (tertiary/aromatic N) is 4. The predicted octanol–water partition coefficient (Wildman–Crippen LogP) is 13.5. The van der Waals surface area contributed by atoms with Crippen LogP contribution in [0, 0.1) is 0 Å². The molecule has 3 aromatic heterocycles. The molecule has 260 valence electrons. The van der Waals surface area contributed by atoms with Crippen LogP contribution in [-0.4, -0.2) is 19.1 Å². The summed E-state index contributed by atoms with van der Waals surface area (Å²) in [5.41, 5.74) is 11.6. The van der Waals surface area contributed by atoms with E-state index in [-0.39, 0.29) is 0 Å². The molecule has 12 rings (SSSR count). The number of benzene rings is 9. The first-order valence-electron chi connectivity index (χ1n) is 19.1. The maximum atomic E-state index is 5.45. The van der Waals surface area contributed by atoms with Gasteiger partial charge in [-0.2, -0.15) is 0 Å². The van der Waals surface area contributed by atoms with Crippen LogP contribution in [0.5, 0.6) is 0 Å². The zero-order valence-corrected chi connectivity index (χ0v) is 30.3.